The minimum atomic E-state index is -0.716. The summed E-state index contributed by atoms with van der Waals surface area (Å²) in [5.41, 5.74) is 0.852. The molecule has 2 rings (SSSR count). The van der Waals surface area contributed by atoms with Gasteiger partial charge in [-0.05, 0) is 18.9 Å². The van der Waals surface area contributed by atoms with Gasteiger partial charge in [-0.1, -0.05) is 30.3 Å². The molecule has 0 bridgehead atoms. The number of hydrogen-bond donors (Lipinski definition) is 2. The van der Waals surface area contributed by atoms with Crippen LogP contribution in [0.1, 0.15) is 24.9 Å². The molecule has 2 N–H and O–H groups in total. The largest absolute Gasteiger partial charge is 0.382 e. The van der Waals surface area contributed by atoms with Crippen LogP contribution in [-0.2, 0) is 19.1 Å². The summed E-state index contributed by atoms with van der Waals surface area (Å²) in [7, 11) is 0. The average molecular weight is 306 g/mol. The van der Waals surface area contributed by atoms with Gasteiger partial charge >= 0.3 is 0 Å². The Hall–Kier alpha value is -1.92. The summed E-state index contributed by atoms with van der Waals surface area (Å²) in [5.74, 6) is -0.431. The highest BCUT2D eigenvalue weighted by Gasteiger charge is 2.35. The van der Waals surface area contributed by atoms with Gasteiger partial charge in [0, 0.05) is 19.8 Å². The number of hydrogen-bond acceptors (Lipinski definition) is 4. The molecule has 1 aromatic rings. The molecular weight excluding hydrogens is 284 g/mol. The molecule has 6 nitrogen and oxygen atoms in total. The fourth-order valence-corrected chi connectivity index (χ4v) is 2.33. The van der Waals surface area contributed by atoms with E-state index >= 15 is 0 Å². The number of amides is 2. The first-order valence-electron chi connectivity index (χ1n) is 7.53. The van der Waals surface area contributed by atoms with Crippen molar-refractivity contribution >= 4 is 11.8 Å². The van der Waals surface area contributed by atoms with Gasteiger partial charge in [0.1, 0.15) is 6.61 Å². The Morgan fingerprint density at radius 1 is 1.41 bits per heavy atom. The molecular formula is C16H22N2O4. The molecule has 6 heteroatoms. The Bertz CT molecular complexity index is 492. The fourth-order valence-electron chi connectivity index (χ4n) is 2.33. The zero-order chi connectivity index (χ0) is 15.8. The van der Waals surface area contributed by atoms with E-state index in [2.05, 4.69) is 10.6 Å². The van der Waals surface area contributed by atoms with Crippen molar-refractivity contribution in [3.8, 4) is 0 Å². The first-order chi connectivity index (χ1) is 10.7. The van der Waals surface area contributed by atoms with Gasteiger partial charge in [0.25, 0.3) is 5.91 Å². The van der Waals surface area contributed by atoms with E-state index in [1.165, 1.54) is 0 Å². The first-order valence-corrected chi connectivity index (χ1v) is 7.53. The van der Waals surface area contributed by atoms with Crippen molar-refractivity contribution in [1.82, 2.24) is 10.6 Å². The predicted octanol–water partition coefficient (Wildman–Crippen LogP) is 0.786. The van der Waals surface area contributed by atoms with E-state index in [-0.39, 0.29) is 18.4 Å². The second-order valence-electron chi connectivity index (χ2n) is 5.03. The zero-order valence-electron chi connectivity index (χ0n) is 12.7. The molecule has 22 heavy (non-hydrogen) atoms. The molecule has 0 aliphatic carbocycles. The smallest absolute Gasteiger partial charge is 0.251 e. The van der Waals surface area contributed by atoms with E-state index < -0.39 is 12.1 Å². The molecule has 1 fully saturated rings. The second kappa shape index (κ2) is 8.51. The predicted molar refractivity (Wildman–Crippen MR) is 81.2 cm³/mol. The van der Waals surface area contributed by atoms with Crippen LogP contribution in [0.2, 0.25) is 0 Å². The maximum absolute atomic E-state index is 12.3. The Balaban J connectivity index is 1.94. The highest BCUT2D eigenvalue weighted by molar-refractivity contribution is 5.86. The minimum Gasteiger partial charge on any atom is -0.382 e. The Kier molecular flexibility index (Phi) is 6.36. The van der Waals surface area contributed by atoms with Crippen molar-refractivity contribution < 1.29 is 19.1 Å². The number of carbonyl (C=O) groups is 2. The van der Waals surface area contributed by atoms with Gasteiger partial charge in [-0.3, -0.25) is 9.59 Å². The Labute approximate surface area is 130 Å². The number of nitrogens with one attached hydrogen (secondary N) is 2. The summed E-state index contributed by atoms with van der Waals surface area (Å²) in [6.45, 7) is 3.64. The Morgan fingerprint density at radius 3 is 2.91 bits per heavy atom. The van der Waals surface area contributed by atoms with Gasteiger partial charge in [-0.15, -0.1) is 0 Å². The summed E-state index contributed by atoms with van der Waals surface area (Å²) in [6.07, 6.45) is 0.0291. The summed E-state index contributed by atoms with van der Waals surface area (Å²) in [5, 5.41) is 5.66. The molecule has 0 spiro atoms. The lowest BCUT2D eigenvalue weighted by atomic mass is 9.99. The zero-order valence-corrected chi connectivity index (χ0v) is 12.7. The van der Waals surface area contributed by atoms with Crippen LogP contribution in [-0.4, -0.2) is 44.3 Å². The molecule has 0 radical (unpaired) electrons. The lowest BCUT2D eigenvalue weighted by Crippen LogP contribution is -2.52. The van der Waals surface area contributed by atoms with Crippen molar-refractivity contribution in [3.05, 3.63) is 35.9 Å². The molecule has 1 aromatic carbocycles. The SMILES string of the molecule is CCOCCCNC(=O)[C@@H]1OCC(=O)N[C@H]1c1ccccc1. The van der Waals surface area contributed by atoms with Crippen molar-refractivity contribution in [1.29, 1.82) is 0 Å². The summed E-state index contributed by atoms with van der Waals surface area (Å²) in [6, 6.07) is 8.90. The number of ether oxygens (including phenoxy) is 2. The van der Waals surface area contributed by atoms with Gasteiger partial charge in [-0.2, -0.15) is 0 Å². The fraction of sp³-hybridized carbons (Fsp3) is 0.500. The average Bonchev–Trinajstić information content (AvgIpc) is 2.55. The highest BCUT2D eigenvalue weighted by atomic mass is 16.5. The van der Waals surface area contributed by atoms with E-state index in [4.69, 9.17) is 9.47 Å². The van der Waals surface area contributed by atoms with Crippen LogP contribution in [0.15, 0.2) is 30.3 Å². The van der Waals surface area contributed by atoms with Crippen LogP contribution >= 0.6 is 0 Å². The molecule has 1 saturated heterocycles. The highest BCUT2D eigenvalue weighted by Crippen LogP contribution is 2.22. The monoisotopic (exact) mass is 306 g/mol. The molecule has 2 atom stereocenters. The third kappa shape index (κ3) is 4.54. The van der Waals surface area contributed by atoms with Gasteiger partial charge in [-0.25, -0.2) is 0 Å². The van der Waals surface area contributed by atoms with Crippen molar-refractivity contribution in [2.24, 2.45) is 0 Å². The van der Waals surface area contributed by atoms with E-state index in [0.717, 1.165) is 12.0 Å². The van der Waals surface area contributed by atoms with Crippen LogP contribution in [0.3, 0.4) is 0 Å². The molecule has 1 heterocycles. The molecule has 120 valence electrons. The lowest BCUT2D eigenvalue weighted by Gasteiger charge is -2.31. The quantitative estimate of drug-likeness (QED) is 0.730. The number of rotatable bonds is 7. The summed E-state index contributed by atoms with van der Waals surface area (Å²) in [4.78, 5) is 23.9. The van der Waals surface area contributed by atoms with Crippen LogP contribution in [0.25, 0.3) is 0 Å². The molecule has 0 saturated carbocycles. The molecule has 0 unspecified atom stereocenters. The molecule has 2 amide bonds. The van der Waals surface area contributed by atoms with Crippen LogP contribution in [0.5, 0.6) is 0 Å². The van der Waals surface area contributed by atoms with Crippen LogP contribution in [0, 0.1) is 0 Å². The van der Waals surface area contributed by atoms with E-state index in [1.54, 1.807) is 0 Å². The molecule has 1 aliphatic heterocycles. The number of carbonyl (C=O) groups excluding carboxylic acids is 2. The number of morpholine rings is 1. The Morgan fingerprint density at radius 2 is 2.18 bits per heavy atom. The number of benzene rings is 1. The minimum absolute atomic E-state index is 0.0969. The molecule has 0 aromatic heterocycles. The first kappa shape index (κ1) is 16.5. The maximum Gasteiger partial charge on any atom is 0.251 e. The van der Waals surface area contributed by atoms with Crippen LogP contribution < -0.4 is 10.6 Å². The van der Waals surface area contributed by atoms with E-state index in [1.807, 2.05) is 37.3 Å². The van der Waals surface area contributed by atoms with Gasteiger partial charge < -0.3 is 20.1 Å². The van der Waals surface area contributed by atoms with E-state index in [0.29, 0.717) is 19.8 Å². The maximum atomic E-state index is 12.3. The van der Waals surface area contributed by atoms with Crippen LogP contribution in [0.4, 0.5) is 0 Å². The standard InChI is InChI=1S/C16H22N2O4/c1-2-21-10-6-9-17-16(20)15-14(18-13(19)11-22-15)12-7-4-3-5-8-12/h3-5,7-8,14-15H,2,6,9-11H2,1H3,(H,17,20)(H,18,19)/t14-,15+/m0/s1. The van der Waals surface area contributed by atoms with Gasteiger partial charge in [0.05, 0.1) is 6.04 Å². The lowest BCUT2D eigenvalue weighted by molar-refractivity contribution is -0.148. The topological polar surface area (TPSA) is 76.7 Å². The molecule has 1 aliphatic rings. The van der Waals surface area contributed by atoms with Crippen molar-refractivity contribution in [2.75, 3.05) is 26.4 Å². The summed E-state index contributed by atoms with van der Waals surface area (Å²) < 4.78 is 10.7. The summed E-state index contributed by atoms with van der Waals surface area (Å²) >= 11 is 0. The van der Waals surface area contributed by atoms with Crippen molar-refractivity contribution in [2.45, 2.75) is 25.5 Å². The normalized spacial score (nSPS) is 21.2. The second-order valence-corrected chi connectivity index (χ2v) is 5.03. The van der Waals surface area contributed by atoms with Gasteiger partial charge in [0.15, 0.2) is 6.10 Å². The third-order valence-electron chi connectivity index (χ3n) is 3.40. The third-order valence-corrected chi connectivity index (χ3v) is 3.40. The van der Waals surface area contributed by atoms with Crippen molar-refractivity contribution in [3.63, 3.8) is 0 Å². The van der Waals surface area contributed by atoms with Gasteiger partial charge in [0.2, 0.25) is 5.91 Å². The van der Waals surface area contributed by atoms with E-state index in [9.17, 15) is 9.59 Å².